The summed E-state index contributed by atoms with van der Waals surface area (Å²) in [5.41, 5.74) is 3.40. The number of hydrogen-bond donors (Lipinski definition) is 1. The molecule has 0 heterocycles. The summed E-state index contributed by atoms with van der Waals surface area (Å²) in [5, 5.41) is 9.99. The van der Waals surface area contributed by atoms with Crippen molar-refractivity contribution in [1.29, 1.82) is 0 Å². The molecule has 0 aliphatic rings. The quantitative estimate of drug-likeness (QED) is 0.913. The van der Waals surface area contributed by atoms with Gasteiger partial charge in [0.05, 0.1) is 0 Å². The highest BCUT2D eigenvalue weighted by atomic mass is 16.3. The van der Waals surface area contributed by atoms with E-state index in [4.69, 9.17) is 0 Å². The van der Waals surface area contributed by atoms with Crippen molar-refractivity contribution < 1.29 is 5.11 Å². The summed E-state index contributed by atoms with van der Waals surface area (Å²) in [7, 11) is 4.02. The lowest BCUT2D eigenvalue weighted by Gasteiger charge is -2.27. The predicted octanol–water partition coefficient (Wildman–Crippen LogP) is 3.78. The molecule has 20 heavy (non-hydrogen) atoms. The minimum Gasteiger partial charge on any atom is -0.508 e. The van der Waals surface area contributed by atoms with E-state index in [0.717, 1.165) is 12.1 Å². The van der Waals surface area contributed by atoms with Crippen LogP contribution in [0.25, 0.3) is 0 Å². The Kier molecular flexibility index (Phi) is 4.15. The standard InChI is InChI=1S/C18H23NO/c1-18(2,15-8-6-5-7-9-15)16-10-11-17(20)14(12-16)13-19(3)4/h5-12,20H,13H2,1-4H3. The molecule has 2 aromatic rings. The van der Waals surface area contributed by atoms with E-state index in [9.17, 15) is 5.11 Å². The number of aromatic hydroxyl groups is 1. The maximum atomic E-state index is 9.99. The molecule has 0 saturated carbocycles. The Morgan fingerprint density at radius 3 is 2.20 bits per heavy atom. The van der Waals surface area contributed by atoms with Crippen LogP contribution in [0.3, 0.4) is 0 Å². The number of rotatable bonds is 4. The summed E-state index contributed by atoms with van der Waals surface area (Å²) in [4.78, 5) is 2.06. The van der Waals surface area contributed by atoms with E-state index in [1.54, 1.807) is 6.07 Å². The number of phenols is 1. The van der Waals surface area contributed by atoms with Crippen LogP contribution in [-0.2, 0) is 12.0 Å². The van der Waals surface area contributed by atoms with E-state index in [2.05, 4.69) is 49.1 Å². The summed E-state index contributed by atoms with van der Waals surface area (Å²) in [6.07, 6.45) is 0. The molecule has 2 heteroatoms. The molecule has 0 spiro atoms. The molecule has 2 rings (SSSR count). The highest BCUT2D eigenvalue weighted by molar-refractivity contribution is 5.43. The van der Waals surface area contributed by atoms with Gasteiger partial charge < -0.3 is 10.0 Å². The number of nitrogens with zero attached hydrogens (tertiary/aromatic N) is 1. The van der Waals surface area contributed by atoms with E-state index in [1.807, 2.05) is 26.2 Å². The van der Waals surface area contributed by atoms with Gasteiger partial charge in [-0.25, -0.2) is 0 Å². The van der Waals surface area contributed by atoms with Crippen molar-refractivity contribution in [2.45, 2.75) is 25.8 Å². The fraction of sp³-hybridized carbons (Fsp3) is 0.333. The Bertz CT molecular complexity index is 573. The van der Waals surface area contributed by atoms with Gasteiger partial charge in [0.2, 0.25) is 0 Å². The molecule has 0 bridgehead atoms. The maximum absolute atomic E-state index is 9.99. The molecule has 0 unspecified atom stereocenters. The normalized spacial score (nSPS) is 11.8. The molecule has 0 fully saturated rings. The fourth-order valence-corrected chi connectivity index (χ4v) is 2.46. The monoisotopic (exact) mass is 269 g/mol. The van der Waals surface area contributed by atoms with Gasteiger partial charge in [-0.1, -0.05) is 50.2 Å². The van der Waals surface area contributed by atoms with Crippen molar-refractivity contribution in [2.75, 3.05) is 14.1 Å². The lowest BCUT2D eigenvalue weighted by atomic mass is 9.77. The van der Waals surface area contributed by atoms with Gasteiger partial charge >= 0.3 is 0 Å². The van der Waals surface area contributed by atoms with E-state index in [0.29, 0.717) is 5.75 Å². The molecule has 0 aromatic heterocycles. The topological polar surface area (TPSA) is 23.5 Å². The highest BCUT2D eigenvalue weighted by Gasteiger charge is 2.23. The third kappa shape index (κ3) is 3.02. The van der Waals surface area contributed by atoms with Crippen LogP contribution in [-0.4, -0.2) is 24.1 Å². The van der Waals surface area contributed by atoms with Crippen LogP contribution in [0.5, 0.6) is 5.75 Å². The first kappa shape index (κ1) is 14.6. The number of phenolic OH excluding ortho intramolecular Hbond substituents is 1. The molecule has 0 atom stereocenters. The van der Waals surface area contributed by atoms with Gasteiger partial charge in [0, 0.05) is 17.5 Å². The molecule has 0 aliphatic carbocycles. The average molecular weight is 269 g/mol. The van der Waals surface area contributed by atoms with Crippen molar-refractivity contribution in [3.05, 3.63) is 65.2 Å². The Hall–Kier alpha value is -1.80. The lowest BCUT2D eigenvalue weighted by Crippen LogP contribution is -2.19. The van der Waals surface area contributed by atoms with Crippen LogP contribution in [0.2, 0.25) is 0 Å². The largest absolute Gasteiger partial charge is 0.508 e. The van der Waals surface area contributed by atoms with Crippen LogP contribution < -0.4 is 0 Å². The minimum atomic E-state index is -0.0734. The third-order valence-electron chi connectivity index (χ3n) is 3.78. The van der Waals surface area contributed by atoms with Gasteiger partial charge in [0.15, 0.2) is 0 Å². The molecule has 2 aromatic carbocycles. The predicted molar refractivity (Wildman–Crippen MR) is 84.1 cm³/mol. The first-order valence-electron chi connectivity index (χ1n) is 6.94. The van der Waals surface area contributed by atoms with Crippen molar-refractivity contribution >= 4 is 0 Å². The molecular weight excluding hydrogens is 246 g/mol. The van der Waals surface area contributed by atoms with Crippen LogP contribution >= 0.6 is 0 Å². The zero-order valence-electron chi connectivity index (χ0n) is 12.7. The van der Waals surface area contributed by atoms with E-state index >= 15 is 0 Å². The Balaban J connectivity index is 2.42. The number of benzene rings is 2. The van der Waals surface area contributed by atoms with Crippen molar-refractivity contribution in [2.24, 2.45) is 0 Å². The minimum absolute atomic E-state index is 0.0734. The van der Waals surface area contributed by atoms with Crippen molar-refractivity contribution in [3.63, 3.8) is 0 Å². The molecule has 0 amide bonds. The summed E-state index contributed by atoms with van der Waals surface area (Å²) in [6.45, 7) is 5.17. The van der Waals surface area contributed by atoms with Crippen LogP contribution in [0, 0.1) is 0 Å². The summed E-state index contributed by atoms with van der Waals surface area (Å²) < 4.78 is 0. The van der Waals surface area contributed by atoms with Gasteiger partial charge in [-0.3, -0.25) is 0 Å². The first-order valence-corrected chi connectivity index (χ1v) is 6.94. The molecular formula is C18H23NO. The third-order valence-corrected chi connectivity index (χ3v) is 3.78. The van der Waals surface area contributed by atoms with Crippen molar-refractivity contribution in [1.82, 2.24) is 4.90 Å². The Morgan fingerprint density at radius 2 is 1.60 bits per heavy atom. The van der Waals surface area contributed by atoms with E-state index in [-0.39, 0.29) is 5.41 Å². The Morgan fingerprint density at radius 1 is 0.950 bits per heavy atom. The first-order chi connectivity index (χ1) is 9.41. The van der Waals surface area contributed by atoms with Gasteiger partial charge in [-0.05, 0) is 37.4 Å². The van der Waals surface area contributed by atoms with Gasteiger partial charge in [-0.2, -0.15) is 0 Å². The zero-order chi connectivity index (χ0) is 14.8. The zero-order valence-corrected chi connectivity index (χ0v) is 12.7. The highest BCUT2D eigenvalue weighted by Crippen LogP contribution is 2.33. The summed E-state index contributed by atoms with van der Waals surface area (Å²) in [5.74, 6) is 0.367. The Labute approximate surface area is 121 Å². The lowest BCUT2D eigenvalue weighted by molar-refractivity contribution is 0.385. The van der Waals surface area contributed by atoms with Crippen LogP contribution in [0.15, 0.2) is 48.5 Å². The van der Waals surface area contributed by atoms with E-state index < -0.39 is 0 Å². The molecule has 1 N–H and O–H groups in total. The van der Waals surface area contributed by atoms with Crippen molar-refractivity contribution in [3.8, 4) is 5.75 Å². The molecule has 0 aliphatic heterocycles. The van der Waals surface area contributed by atoms with Gasteiger partial charge in [0.1, 0.15) is 5.75 Å². The summed E-state index contributed by atoms with van der Waals surface area (Å²) >= 11 is 0. The number of hydrogen-bond acceptors (Lipinski definition) is 2. The SMILES string of the molecule is CN(C)Cc1cc(C(C)(C)c2ccccc2)ccc1O. The second-order valence-corrected chi connectivity index (χ2v) is 6.07. The smallest absolute Gasteiger partial charge is 0.120 e. The average Bonchev–Trinajstić information content (AvgIpc) is 2.41. The van der Waals surface area contributed by atoms with Gasteiger partial charge in [0.25, 0.3) is 0 Å². The molecule has 2 nitrogen and oxygen atoms in total. The fourth-order valence-electron chi connectivity index (χ4n) is 2.46. The maximum Gasteiger partial charge on any atom is 0.120 e. The second-order valence-electron chi connectivity index (χ2n) is 6.07. The van der Waals surface area contributed by atoms with Crippen LogP contribution in [0.4, 0.5) is 0 Å². The van der Waals surface area contributed by atoms with Crippen LogP contribution in [0.1, 0.15) is 30.5 Å². The molecule has 0 saturated heterocycles. The second kappa shape index (κ2) is 5.68. The summed E-state index contributed by atoms with van der Waals surface area (Å²) in [6, 6.07) is 16.4. The van der Waals surface area contributed by atoms with Gasteiger partial charge in [-0.15, -0.1) is 0 Å². The molecule has 0 radical (unpaired) electrons. The molecule has 106 valence electrons. The van der Waals surface area contributed by atoms with E-state index in [1.165, 1.54) is 11.1 Å².